The number of rotatable bonds is 1. The molecule has 16 heavy (non-hydrogen) atoms. The fourth-order valence-electron chi connectivity index (χ4n) is 1.88. The van der Waals surface area contributed by atoms with E-state index in [2.05, 4.69) is 0 Å². The van der Waals surface area contributed by atoms with Gasteiger partial charge in [0.2, 0.25) is 0 Å². The lowest BCUT2D eigenvalue weighted by Crippen LogP contribution is -2.29. The van der Waals surface area contributed by atoms with Gasteiger partial charge in [-0.15, -0.1) is 0 Å². The predicted octanol–water partition coefficient (Wildman–Crippen LogP) is 0.784. The van der Waals surface area contributed by atoms with Crippen LogP contribution in [0.4, 0.5) is 5.69 Å². The van der Waals surface area contributed by atoms with E-state index in [1.807, 2.05) is 13.0 Å². The third kappa shape index (κ3) is 2.02. The lowest BCUT2D eigenvalue weighted by atomic mass is 10.1. The summed E-state index contributed by atoms with van der Waals surface area (Å²) in [4.78, 5) is 13.7. The first-order chi connectivity index (χ1) is 7.58. The van der Waals surface area contributed by atoms with Crippen molar-refractivity contribution in [2.45, 2.75) is 19.4 Å². The monoisotopic (exact) mass is 220 g/mol. The van der Waals surface area contributed by atoms with Crippen molar-refractivity contribution in [1.29, 1.82) is 0 Å². The number of nitrogen functional groups attached to an aromatic ring is 1. The number of benzene rings is 1. The zero-order valence-electron chi connectivity index (χ0n) is 9.31. The summed E-state index contributed by atoms with van der Waals surface area (Å²) in [5, 5.41) is 9.38. The summed E-state index contributed by atoms with van der Waals surface area (Å²) in [6.45, 7) is 2.95. The standard InChI is InChI=1S/C12H16N2O2/c1-8-2-3-9(6-11(8)13)12(16)14-5-4-10(15)7-14/h2-3,6,10,15H,4-5,7,13H2,1H3/t10-/m1/s1. The molecule has 1 aromatic rings. The van der Waals surface area contributed by atoms with Gasteiger partial charge in [-0.2, -0.15) is 0 Å². The van der Waals surface area contributed by atoms with Crippen LogP contribution >= 0.6 is 0 Å². The van der Waals surface area contributed by atoms with Crippen LogP contribution in [0.25, 0.3) is 0 Å². The van der Waals surface area contributed by atoms with Gasteiger partial charge in [-0.3, -0.25) is 4.79 Å². The molecule has 0 radical (unpaired) electrons. The summed E-state index contributed by atoms with van der Waals surface area (Å²) in [5.74, 6) is -0.0525. The summed E-state index contributed by atoms with van der Waals surface area (Å²) in [7, 11) is 0. The van der Waals surface area contributed by atoms with Crippen LogP contribution in [0, 0.1) is 6.92 Å². The highest BCUT2D eigenvalue weighted by Crippen LogP contribution is 2.17. The number of aryl methyl sites for hydroxylation is 1. The maximum Gasteiger partial charge on any atom is 0.254 e. The second kappa shape index (κ2) is 4.14. The number of aliphatic hydroxyl groups is 1. The first kappa shape index (κ1) is 11.0. The third-order valence-corrected chi connectivity index (χ3v) is 2.98. The molecule has 0 aliphatic carbocycles. The minimum Gasteiger partial charge on any atom is -0.398 e. The van der Waals surface area contributed by atoms with Gasteiger partial charge in [0.15, 0.2) is 0 Å². The summed E-state index contributed by atoms with van der Waals surface area (Å²) >= 11 is 0. The molecule has 1 atom stereocenters. The van der Waals surface area contributed by atoms with Gasteiger partial charge in [-0.05, 0) is 31.0 Å². The molecule has 86 valence electrons. The molecule has 1 aromatic carbocycles. The number of nitrogens with zero attached hydrogens (tertiary/aromatic N) is 1. The highest BCUT2D eigenvalue weighted by atomic mass is 16.3. The van der Waals surface area contributed by atoms with Crippen molar-refractivity contribution in [2.24, 2.45) is 0 Å². The maximum atomic E-state index is 12.0. The maximum absolute atomic E-state index is 12.0. The Morgan fingerprint density at radius 2 is 2.31 bits per heavy atom. The molecule has 1 heterocycles. The normalized spacial score (nSPS) is 20.1. The van der Waals surface area contributed by atoms with Crippen molar-refractivity contribution < 1.29 is 9.90 Å². The number of amides is 1. The molecule has 2 rings (SSSR count). The van der Waals surface area contributed by atoms with Gasteiger partial charge >= 0.3 is 0 Å². The fraction of sp³-hybridized carbons (Fsp3) is 0.417. The summed E-state index contributed by atoms with van der Waals surface area (Å²) in [6, 6.07) is 5.32. The molecule has 1 amide bonds. The van der Waals surface area contributed by atoms with Crippen molar-refractivity contribution in [3.63, 3.8) is 0 Å². The molecule has 0 saturated carbocycles. The number of β-amino-alcohol motifs (C(OH)–C–C–N with tert-alkyl or cyclic N) is 1. The fourth-order valence-corrected chi connectivity index (χ4v) is 1.88. The molecule has 3 N–H and O–H groups in total. The van der Waals surface area contributed by atoms with Crippen LogP contribution < -0.4 is 5.73 Å². The highest BCUT2D eigenvalue weighted by Gasteiger charge is 2.25. The van der Waals surface area contributed by atoms with Crippen molar-refractivity contribution in [3.05, 3.63) is 29.3 Å². The number of aliphatic hydroxyl groups excluding tert-OH is 1. The molecule has 4 nitrogen and oxygen atoms in total. The lowest BCUT2D eigenvalue weighted by Gasteiger charge is -2.16. The Bertz CT molecular complexity index is 417. The van der Waals surface area contributed by atoms with Gasteiger partial charge in [0.1, 0.15) is 0 Å². The number of hydrogen-bond acceptors (Lipinski definition) is 3. The first-order valence-corrected chi connectivity index (χ1v) is 5.41. The number of carbonyl (C=O) groups excluding carboxylic acids is 1. The number of likely N-dealkylation sites (tertiary alicyclic amines) is 1. The van der Waals surface area contributed by atoms with Crippen molar-refractivity contribution >= 4 is 11.6 Å². The Balaban J connectivity index is 2.18. The average Bonchev–Trinajstić information content (AvgIpc) is 2.68. The van der Waals surface area contributed by atoms with Gasteiger partial charge in [0.05, 0.1) is 6.10 Å². The molecule has 0 bridgehead atoms. The first-order valence-electron chi connectivity index (χ1n) is 5.41. The summed E-state index contributed by atoms with van der Waals surface area (Å²) < 4.78 is 0. The average molecular weight is 220 g/mol. The molecule has 0 aromatic heterocycles. The van der Waals surface area contributed by atoms with E-state index in [0.29, 0.717) is 30.8 Å². The molecule has 1 aliphatic rings. The minimum absolute atomic E-state index is 0.0525. The highest BCUT2D eigenvalue weighted by molar-refractivity contribution is 5.95. The van der Waals surface area contributed by atoms with Gasteiger partial charge in [0, 0.05) is 24.3 Å². The van der Waals surface area contributed by atoms with Crippen molar-refractivity contribution in [2.75, 3.05) is 18.8 Å². The smallest absolute Gasteiger partial charge is 0.254 e. The van der Waals surface area contributed by atoms with E-state index in [4.69, 9.17) is 5.73 Å². The number of nitrogens with two attached hydrogens (primary N) is 1. The van der Waals surface area contributed by atoms with E-state index in [1.54, 1.807) is 17.0 Å². The predicted molar refractivity (Wildman–Crippen MR) is 62.1 cm³/mol. The molecule has 1 fully saturated rings. The van der Waals surface area contributed by atoms with Crippen LogP contribution in [0.1, 0.15) is 22.3 Å². The number of hydrogen-bond donors (Lipinski definition) is 2. The Labute approximate surface area is 94.7 Å². The molecule has 4 heteroatoms. The van der Waals surface area contributed by atoms with E-state index >= 15 is 0 Å². The van der Waals surface area contributed by atoms with E-state index in [1.165, 1.54) is 0 Å². The molecular formula is C12H16N2O2. The van der Waals surface area contributed by atoms with Crippen LogP contribution in [0.5, 0.6) is 0 Å². The SMILES string of the molecule is Cc1ccc(C(=O)N2CC[C@@H](O)C2)cc1N. The topological polar surface area (TPSA) is 66.6 Å². The Morgan fingerprint density at radius 1 is 1.56 bits per heavy atom. The van der Waals surface area contributed by atoms with Crippen LogP contribution in [0.2, 0.25) is 0 Å². The van der Waals surface area contributed by atoms with Gasteiger partial charge in [-0.1, -0.05) is 6.07 Å². The quantitative estimate of drug-likeness (QED) is 0.687. The summed E-state index contributed by atoms with van der Waals surface area (Å²) in [5.41, 5.74) is 7.96. The zero-order valence-corrected chi connectivity index (χ0v) is 9.31. The lowest BCUT2D eigenvalue weighted by molar-refractivity contribution is 0.0765. The van der Waals surface area contributed by atoms with E-state index in [-0.39, 0.29) is 12.0 Å². The van der Waals surface area contributed by atoms with Gasteiger partial charge in [-0.25, -0.2) is 0 Å². The molecule has 0 spiro atoms. The second-order valence-corrected chi connectivity index (χ2v) is 4.27. The van der Waals surface area contributed by atoms with Crippen LogP contribution in [-0.2, 0) is 0 Å². The minimum atomic E-state index is -0.383. The molecule has 1 aliphatic heterocycles. The van der Waals surface area contributed by atoms with Crippen LogP contribution in [-0.4, -0.2) is 35.1 Å². The zero-order chi connectivity index (χ0) is 11.7. The van der Waals surface area contributed by atoms with Crippen LogP contribution in [0.15, 0.2) is 18.2 Å². The summed E-state index contributed by atoms with van der Waals surface area (Å²) in [6.07, 6.45) is 0.277. The molecular weight excluding hydrogens is 204 g/mol. The van der Waals surface area contributed by atoms with E-state index < -0.39 is 0 Å². The largest absolute Gasteiger partial charge is 0.398 e. The third-order valence-electron chi connectivity index (χ3n) is 2.98. The van der Waals surface area contributed by atoms with E-state index in [0.717, 1.165) is 5.56 Å². The Morgan fingerprint density at radius 3 is 2.88 bits per heavy atom. The molecule has 0 unspecified atom stereocenters. The number of carbonyl (C=O) groups is 1. The molecule has 1 saturated heterocycles. The van der Waals surface area contributed by atoms with E-state index in [9.17, 15) is 9.90 Å². The van der Waals surface area contributed by atoms with Crippen molar-refractivity contribution in [1.82, 2.24) is 4.90 Å². The van der Waals surface area contributed by atoms with Crippen LogP contribution in [0.3, 0.4) is 0 Å². The van der Waals surface area contributed by atoms with Crippen molar-refractivity contribution in [3.8, 4) is 0 Å². The second-order valence-electron chi connectivity index (χ2n) is 4.27. The van der Waals surface area contributed by atoms with Gasteiger partial charge in [0.25, 0.3) is 5.91 Å². The Kier molecular flexibility index (Phi) is 2.83. The number of anilines is 1. The van der Waals surface area contributed by atoms with Gasteiger partial charge < -0.3 is 15.7 Å². The Hall–Kier alpha value is -1.55.